The first-order valence-electron chi connectivity index (χ1n) is 3.38. The first-order valence-corrected chi connectivity index (χ1v) is 4.88. The number of azo groups is 1. The standard InChI is InChI=1S/C7H10N2O3S/c1-2-3-4-5-8-9-6-7-13(10,11)12/h2-7H,1H3,(H,10,11,12)/b3-2-,5-4+,7-6-,9-8-. The smallest absolute Gasteiger partial charge is 0.282 e. The summed E-state index contributed by atoms with van der Waals surface area (Å²) in [4.78, 5) is 0. The fourth-order valence-electron chi connectivity index (χ4n) is 0.380. The van der Waals surface area contributed by atoms with E-state index in [0.717, 1.165) is 6.20 Å². The van der Waals surface area contributed by atoms with Crippen LogP contribution in [0.2, 0.25) is 0 Å². The van der Waals surface area contributed by atoms with Crippen LogP contribution in [0.25, 0.3) is 0 Å². The quantitative estimate of drug-likeness (QED) is 0.429. The lowest BCUT2D eigenvalue weighted by Crippen LogP contribution is -1.87. The van der Waals surface area contributed by atoms with Crippen LogP contribution < -0.4 is 0 Å². The number of hydrogen-bond donors (Lipinski definition) is 1. The number of rotatable bonds is 4. The Morgan fingerprint density at radius 3 is 2.31 bits per heavy atom. The Morgan fingerprint density at radius 2 is 1.77 bits per heavy atom. The van der Waals surface area contributed by atoms with E-state index >= 15 is 0 Å². The van der Waals surface area contributed by atoms with Gasteiger partial charge in [-0.3, -0.25) is 4.55 Å². The maximum Gasteiger partial charge on any atom is 0.289 e. The molecule has 0 saturated heterocycles. The van der Waals surface area contributed by atoms with Gasteiger partial charge in [0.1, 0.15) is 0 Å². The van der Waals surface area contributed by atoms with Gasteiger partial charge in [-0.15, -0.1) is 0 Å². The summed E-state index contributed by atoms with van der Waals surface area (Å²) in [6.07, 6.45) is 7.44. The van der Waals surface area contributed by atoms with E-state index in [1.54, 1.807) is 18.2 Å². The summed E-state index contributed by atoms with van der Waals surface area (Å²) in [7, 11) is -4.09. The van der Waals surface area contributed by atoms with Gasteiger partial charge >= 0.3 is 0 Å². The van der Waals surface area contributed by atoms with Gasteiger partial charge in [0.15, 0.2) is 0 Å². The predicted octanol–water partition coefficient (Wildman–Crippen LogP) is 1.89. The van der Waals surface area contributed by atoms with Crippen molar-refractivity contribution in [1.82, 2.24) is 0 Å². The highest BCUT2D eigenvalue weighted by atomic mass is 32.2. The van der Waals surface area contributed by atoms with Crippen LogP contribution in [0, 0.1) is 0 Å². The number of hydrogen-bond acceptors (Lipinski definition) is 4. The second-order valence-electron chi connectivity index (χ2n) is 1.90. The minimum Gasteiger partial charge on any atom is -0.282 e. The zero-order valence-electron chi connectivity index (χ0n) is 7.03. The molecule has 0 aliphatic rings. The van der Waals surface area contributed by atoms with E-state index in [0.29, 0.717) is 5.41 Å². The predicted molar refractivity (Wildman–Crippen MR) is 49.5 cm³/mol. The van der Waals surface area contributed by atoms with Crippen LogP contribution in [0.5, 0.6) is 0 Å². The van der Waals surface area contributed by atoms with Crippen molar-refractivity contribution in [3.8, 4) is 0 Å². The lowest BCUT2D eigenvalue weighted by atomic mass is 10.5. The molecule has 0 aromatic rings. The van der Waals surface area contributed by atoms with Crippen LogP contribution in [0.15, 0.2) is 46.3 Å². The van der Waals surface area contributed by atoms with Crippen LogP contribution in [-0.4, -0.2) is 13.0 Å². The summed E-state index contributed by atoms with van der Waals surface area (Å²) in [5, 5.41) is 7.30. The summed E-state index contributed by atoms with van der Waals surface area (Å²) in [6, 6.07) is 0. The molecular formula is C7H10N2O3S. The maximum atomic E-state index is 10.1. The third kappa shape index (κ3) is 10.7. The molecule has 0 heterocycles. The van der Waals surface area contributed by atoms with E-state index in [2.05, 4.69) is 10.2 Å². The molecule has 0 aliphatic heterocycles. The van der Waals surface area contributed by atoms with Crippen molar-refractivity contribution < 1.29 is 13.0 Å². The van der Waals surface area contributed by atoms with E-state index in [-0.39, 0.29) is 0 Å². The molecule has 0 aromatic heterocycles. The Hall–Kier alpha value is -1.27. The van der Waals surface area contributed by atoms with E-state index in [1.807, 2.05) is 6.92 Å². The molecule has 5 nitrogen and oxygen atoms in total. The maximum absolute atomic E-state index is 10.1. The molecule has 0 unspecified atom stereocenters. The Labute approximate surface area is 76.9 Å². The van der Waals surface area contributed by atoms with Crippen molar-refractivity contribution >= 4 is 10.1 Å². The van der Waals surface area contributed by atoms with Crippen molar-refractivity contribution in [1.29, 1.82) is 0 Å². The van der Waals surface area contributed by atoms with Crippen molar-refractivity contribution in [3.63, 3.8) is 0 Å². The molecule has 0 atom stereocenters. The highest BCUT2D eigenvalue weighted by molar-refractivity contribution is 7.88. The second kappa shape index (κ2) is 6.27. The van der Waals surface area contributed by atoms with Gasteiger partial charge in [0, 0.05) is 6.20 Å². The minimum atomic E-state index is -4.09. The Balaban J connectivity index is 3.97. The molecule has 1 N–H and O–H groups in total. The second-order valence-corrected chi connectivity index (χ2v) is 3.20. The van der Waals surface area contributed by atoms with Gasteiger partial charge in [-0.25, -0.2) is 0 Å². The van der Waals surface area contributed by atoms with Crippen LogP contribution in [0.3, 0.4) is 0 Å². The monoisotopic (exact) mass is 202 g/mol. The largest absolute Gasteiger partial charge is 0.289 e. The van der Waals surface area contributed by atoms with E-state index < -0.39 is 10.1 Å². The van der Waals surface area contributed by atoms with Gasteiger partial charge in [0.05, 0.1) is 11.6 Å². The Morgan fingerprint density at radius 1 is 1.15 bits per heavy atom. The molecular weight excluding hydrogens is 192 g/mol. The van der Waals surface area contributed by atoms with Gasteiger partial charge < -0.3 is 0 Å². The van der Waals surface area contributed by atoms with Crippen molar-refractivity contribution in [2.75, 3.05) is 0 Å². The van der Waals surface area contributed by atoms with Crippen molar-refractivity contribution in [2.45, 2.75) is 6.92 Å². The van der Waals surface area contributed by atoms with Crippen LogP contribution in [0.4, 0.5) is 0 Å². The SMILES string of the molecule is C\C=C/C=C/N=N\C=C/S(=O)(=O)O. The molecule has 72 valence electrons. The van der Waals surface area contributed by atoms with Crippen LogP contribution in [-0.2, 0) is 10.1 Å². The first-order chi connectivity index (χ1) is 6.06. The summed E-state index contributed by atoms with van der Waals surface area (Å²) in [6.45, 7) is 1.85. The molecule has 0 radical (unpaired) electrons. The third-order valence-corrected chi connectivity index (χ3v) is 1.29. The van der Waals surface area contributed by atoms with Crippen LogP contribution in [0.1, 0.15) is 6.92 Å². The first kappa shape index (κ1) is 11.7. The van der Waals surface area contributed by atoms with E-state index in [1.165, 1.54) is 6.20 Å². The van der Waals surface area contributed by atoms with Gasteiger partial charge in [0.2, 0.25) is 0 Å². The fourth-order valence-corrected chi connectivity index (χ4v) is 0.589. The molecule has 13 heavy (non-hydrogen) atoms. The molecule has 0 bridgehead atoms. The molecule has 0 aromatic carbocycles. The lowest BCUT2D eigenvalue weighted by molar-refractivity contribution is 0.494. The minimum absolute atomic E-state index is 0.542. The fraction of sp³-hybridized carbons (Fsp3) is 0.143. The zero-order valence-corrected chi connectivity index (χ0v) is 7.85. The molecule has 0 fully saturated rings. The molecule has 0 spiro atoms. The van der Waals surface area contributed by atoms with Crippen molar-refractivity contribution in [3.05, 3.63) is 36.0 Å². The van der Waals surface area contributed by atoms with E-state index in [9.17, 15) is 8.42 Å². The average molecular weight is 202 g/mol. The highest BCUT2D eigenvalue weighted by Gasteiger charge is 1.92. The van der Waals surface area contributed by atoms with Crippen molar-refractivity contribution in [2.24, 2.45) is 10.2 Å². The molecule has 6 heteroatoms. The van der Waals surface area contributed by atoms with Gasteiger partial charge in [-0.2, -0.15) is 18.6 Å². The normalized spacial score (nSPS) is 14.3. The summed E-state index contributed by atoms with van der Waals surface area (Å²) in [5.41, 5.74) is 0. The molecule has 0 saturated carbocycles. The van der Waals surface area contributed by atoms with Gasteiger partial charge in [-0.1, -0.05) is 12.2 Å². The summed E-state index contributed by atoms with van der Waals surface area (Å²) < 4.78 is 28.4. The van der Waals surface area contributed by atoms with Gasteiger partial charge in [0.25, 0.3) is 10.1 Å². The van der Waals surface area contributed by atoms with Crippen LogP contribution >= 0.6 is 0 Å². The molecule has 0 amide bonds. The average Bonchev–Trinajstić information content (AvgIpc) is 2.01. The number of allylic oxidation sites excluding steroid dienone is 3. The topological polar surface area (TPSA) is 79.1 Å². The van der Waals surface area contributed by atoms with E-state index in [4.69, 9.17) is 4.55 Å². The zero-order chi connectivity index (χ0) is 10.2. The third-order valence-electron chi connectivity index (χ3n) is 0.822. The summed E-state index contributed by atoms with van der Waals surface area (Å²) >= 11 is 0. The summed E-state index contributed by atoms with van der Waals surface area (Å²) in [5.74, 6) is 0. The Bertz CT molecular complexity index is 339. The molecule has 0 rings (SSSR count). The lowest BCUT2D eigenvalue weighted by Gasteiger charge is -1.78. The molecule has 0 aliphatic carbocycles. The Kier molecular flexibility index (Phi) is 5.66. The highest BCUT2D eigenvalue weighted by Crippen LogP contribution is 1.87. The number of nitrogens with zero attached hydrogens (tertiary/aromatic N) is 2. The van der Waals surface area contributed by atoms with Gasteiger partial charge in [-0.05, 0) is 13.0 Å².